The molecule has 1 aromatic rings. The monoisotopic (exact) mass is 291 g/mol. The summed E-state index contributed by atoms with van der Waals surface area (Å²) < 4.78 is 55.8. The van der Waals surface area contributed by atoms with Crippen LogP contribution < -0.4 is 10.1 Å². The lowest BCUT2D eigenvalue weighted by atomic mass is 10.0. The first-order valence-corrected chi connectivity index (χ1v) is 7.74. The number of hydrogen-bond acceptors (Lipinski definition) is 4. The molecule has 0 spiro atoms. The zero-order chi connectivity index (χ0) is 14.2. The van der Waals surface area contributed by atoms with Gasteiger partial charge in [0.2, 0.25) is 0 Å². The molecule has 0 aliphatic carbocycles. The first-order valence-electron chi connectivity index (χ1n) is 5.85. The minimum atomic E-state index is -3.99. The Kier molecular flexibility index (Phi) is 3.78. The first-order chi connectivity index (χ1) is 8.86. The van der Waals surface area contributed by atoms with Crippen LogP contribution in [0.25, 0.3) is 0 Å². The van der Waals surface area contributed by atoms with Crippen molar-refractivity contribution in [3.63, 3.8) is 0 Å². The van der Waals surface area contributed by atoms with Crippen LogP contribution in [0, 0.1) is 11.6 Å². The second-order valence-corrected chi connectivity index (χ2v) is 6.50. The van der Waals surface area contributed by atoms with Crippen molar-refractivity contribution in [1.29, 1.82) is 0 Å². The maximum absolute atomic E-state index is 14.2. The van der Waals surface area contributed by atoms with Gasteiger partial charge in [0.1, 0.15) is 10.7 Å². The summed E-state index contributed by atoms with van der Waals surface area (Å²) >= 11 is 0. The number of nitrogens with one attached hydrogen (secondary N) is 1. The Labute approximate surface area is 110 Å². The molecule has 1 aromatic carbocycles. The SMILES string of the molecule is COc1c(C2CCCN2)cc(F)c(S(C)(=O)=O)c1F. The summed E-state index contributed by atoms with van der Waals surface area (Å²) in [5.74, 6) is -2.44. The zero-order valence-electron chi connectivity index (χ0n) is 10.7. The highest BCUT2D eigenvalue weighted by Crippen LogP contribution is 2.37. The zero-order valence-corrected chi connectivity index (χ0v) is 11.5. The van der Waals surface area contributed by atoms with E-state index in [0.29, 0.717) is 5.56 Å². The molecular weight excluding hydrogens is 276 g/mol. The predicted molar refractivity (Wildman–Crippen MR) is 66.0 cm³/mol. The molecule has 1 atom stereocenters. The topological polar surface area (TPSA) is 55.4 Å². The predicted octanol–water partition coefficient (Wildman–Crippen LogP) is 1.80. The average Bonchev–Trinajstić information content (AvgIpc) is 2.79. The molecule has 1 unspecified atom stereocenters. The molecule has 0 aromatic heterocycles. The number of rotatable bonds is 3. The maximum Gasteiger partial charge on any atom is 0.186 e. The van der Waals surface area contributed by atoms with Gasteiger partial charge in [-0.3, -0.25) is 0 Å². The molecular formula is C12H15F2NO3S. The van der Waals surface area contributed by atoms with Crippen molar-refractivity contribution in [2.24, 2.45) is 0 Å². The third-order valence-electron chi connectivity index (χ3n) is 3.17. The van der Waals surface area contributed by atoms with Gasteiger partial charge < -0.3 is 10.1 Å². The summed E-state index contributed by atoms with van der Waals surface area (Å²) in [6, 6.07) is 0.828. The minimum absolute atomic E-state index is 0.207. The fourth-order valence-corrected chi connectivity index (χ4v) is 3.19. The van der Waals surface area contributed by atoms with Crippen molar-refractivity contribution >= 4 is 9.84 Å². The Morgan fingerprint density at radius 3 is 2.58 bits per heavy atom. The normalized spacial score (nSPS) is 19.7. The molecule has 4 nitrogen and oxygen atoms in total. The molecule has 1 fully saturated rings. The highest BCUT2D eigenvalue weighted by Gasteiger charge is 2.29. The molecule has 1 N–H and O–H groups in total. The quantitative estimate of drug-likeness (QED) is 0.922. The Morgan fingerprint density at radius 1 is 1.42 bits per heavy atom. The van der Waals surface area contributed by atoms with Gasteiger partial charge >= 0.3 is 0 Å². The first kappa shape index (κ1) is 14.2. The van der Waals surface area contributed by atoms with Crippen LogP contribution in [0.5, 0.6) is 5.75 Å². The smallest absolute Gasteiger partial charge is 0.186 e. The Balaban J connectivity index is 2.65. The summed E-state index contributed by atoms with van der Waals surface area (Å²) in [4.78, 5) is -0.939. The maximum atomic E-state index is 14.2. The lowest BCUT2D eigenvalue weighted by Gasteiger charge is -2.17. The van der Waals surface area contributed by atoms with E-state index in [4.69, 9.17) is 4.74 Å². The number of hydrogen-bond donors (Lipinski definition) is 1. The highest BCUT2D eigenvalue weighted by atomic mass is 32.2. The number of halogens is 2. The van der Waals surface area contributed by atoms with E-state index in [1.807, 2.05) is 0 Å². The van der Waals surface area contributed by atoms with Crippen molar-refractivity contribution in [2.75, 3.05) is 19.9 Å². The largest absolute Gasteiger partial charge is 0.493 e. The molecule has 1 aliphatic heterocycles. The van der Waals surface area contributed by atoms with Gasteiger partial charge in [-0.15, -0.1) is 0 Å². The van der Waals surface area contributed by atoms with E-state index in [2.05, 4.69) is 5.32 Å². The van der Waals surface area contributed by atoms with E-state index >= 15 is 0 Å². The van der Waals surface area contributed by atoms with Crippen LogP contribution in [-0.2, 0) is 9.84 Å². The molecule has 1 aliphatic rings. The number of ether oxygens (including phenoxy) is 1. The number of sulfone groups is 1. The van der Waals surface area contributed by atoms with Crippen molar-refractivity contribution in [3.8, 4) is 5.75 Å². The lowest BCUT2D eigenvalue weighted by molar-refractivity contribution is 0.364. The van der Waals surface area contributed by atoms with E-state index in [1.165, 1.54) is 7.11 Å². The fourth-order valence-electron chi connectivity index (χ4n) is 2.36. The summed E-state index contributed by atoms with van der Waals surface area (Å²) in [6.45, 7) is 0.755. The average molecular weight is 291 g/mol. The van der Waals surface area contributed by atoms with Crippen LogP contribution in [0.15, 0.2) is 11.0 Å². The highest BCUT2D eigenvalue weighted by molar-refractivity contribution is 7.90. The number of methoxy groups -OCH3 is 1. The summed E-state index contributed by atoms with van der Waals surface area (Å²) in [7, 11) is -2.75. The van der Waals surface area contributed by atoms with E-state index in [0.717, 1.165) is 31.7 Å². The van der Waals surface area contributed by atoms with Gasteiger partial charge in [-0.05, 0) is 25.5 Å². The van der Waals surface area contributed by atoms with Crippen LogP contribution in [0.2, 0.25) is 0 Å². The lowest BCUT2D eigenvalue weighted by Crippen LogP contribution is -2.16. The van der Waals surface area contributed by atoms with Gasteiger partial charge in [-0.2, -0.15) is 0 Å². The third kappa shape index (κ3) is 2.57. The van der Waals surface area contributed by atoms with Gasteiger partial charge in [0.15, 0.2) is 21.4 Å². The van der Waals surface area contributed by atoms with E-state index in [1.54, 1.807) is 0 Å². The fraction of sp³-hybridized carbons (Fsp3) is 0.500. The van der Waals surface area contributed by atoms with Gasteiger partial charge in [0.25, 0.3) is 0 Å². The molecule has 0 saturated carbocycles. The molecule has 2 rings (SSSR count). The van der Waals surface area contributed by atoms with Gasteiger partial charge in [-0.25, -0.2) is 17.2 Å². The third-order valence-corrected chi connectivity index (χ3v) is 4.29. The second kappa shape index (κ2) is 5.05. The van der Waals surface area contributed by atoms with Gasteiger partial charge in [0, 0.05) is 17.9 Å². The van der Waals surface area contributed by atoms with Crippen molar-refractivity contribution in [1.82, 2.24) is 5.32 Å². The summed E-state index contributed by atoms with van der Waals surface area (Å²) in [5.41, 5.74) is 0.322. The Morgan fingerprint density at radius 2 is 2.11 bits per heavy atom. The Hall–Kier alpha value is -1.21. The Bertz CT molecular complexity index is 595. The van der Waals surface area contributed by atoms with Crippen LogP contribution in [0.3, 0.4) is 0 Å². The molecule has 106 valence electrons. The standard InChI is InChI=1S/C12H15F2NO3S/c1-18-11-7(9-4-3-5-15-9)6-8(13)12(10(11)14)19(2,16)17/h6,9,15H,3-5H2,1-2H3. The van der Waals surface area contributed by atoms with Crippen LogP contribution in [-0.4, -0.2) is 28.3 Å². The summed E-state index contributed by atoms with van der Waals surface area (Å²) in [5, 5.41) is 3.10. The molecule has 0 bridgehead atoms. The van der Waals surface area contributed by atoms with Crippen LogP contribution in [0.1, 0.15) is 24.4 Å². The molecule has 1 saturated heterocycles. The molecule has 0 amide bonds. The number of benzene rings is 1. The van der Waals surface area contributed by atoms with Crippen LogP contribution >= 0.6 is 0 Å². The van der Waals surface area contributed by atoms with E-state index in [9.17, 15) is 17.2 Å². The molecule has 0 radical (unpaired) electrons. The van der Waals surface area contributed by atoms with E-state index < -0.39 is 26.4 Å². The van der Waals surface area contributed by atoms with Crippen molar-refractivity contribution in [3.05, 3.63) is 23.3 Å². The van der Waals surface area contributed by atoms with Gasteiger partial charge in [0.05, 0.1) is 7.11 Å². The van der Waals surface area contributed by atoms with Crippen LogP contribution in [0.4, 0.5) is 8.78 Å². The minimum Gasteiger partial charge on any atom is -0.493 e. The van der Waals surface area contributed by atoms with Crippen molar-refractivity contribution in [2.45, 2.75) is 23.8 Å². The molecule has 19 heavy (non-hydrogen) atoms. The molecule has 1 heterocycles. The second-order valence-electron chi connectivity index (χ2n) is 4.55. The summed E-state index contributed by atoms with van der Waals surface area (Å²) in [6.07, 6.45) is 2.39. The molecule has 7 heteroatoms. The van der Waals surface area contributed by atoms with Crippen molar-refractivity contribution < 1.29 is 21.9 Å². The van der Waals surface area contributed by atoms with Gasteiger partial charge in [-0.1, -0.05) is 0 Å². The van der Waals surface area contributed by atoms with E-state index in [-0.39, 0.29) is 11.8 Å².